The molecule has 34 heavy (non-hydrogen) atoms. The molecule has 6 rings (SSSR count). The summed E-state index contributed by atoms with van der Waals surface area (Å²) >= 11 is 0. The van der Waals surface area contributed by atoms with Crippen molar-refractivity contribution in [1.29, 1.82) is 10.5 Å². The van der Waals surface area contributed by atoms with Crippen LogP contribution < -0.4 is 4.90 Å². The fraction of sp³-hybridized carbons (Fsp3) is 0.300. The predicted octanol–water partition coefficient (Wildman–Crippen LogP) is 6.78. The van der Waals surface area contributed by atoms with Crippen molar-refractivity contribution in [2.24, 2.45) is 10.4 Å². The van der Waals surface area contributed by atoms with E-state index in [1.54, 1.807) is 0 Å². The minimum atomic E-state index is -1.29. The van der Waals surface area contributed by atoms with Crippen LogP contribution in [0.1, 0.15) is 55.2 Å². The number of para-hydroxylation sites is 1. The lowest BCUT2D eigenvalue weighted by molar-refractivity contribution is 0.433. The van der Waals surface area contributed by atoms with Gasteiger partial charge in [0.25, 0.3) is 0 Å². The Labute approximate surface area is 200 Å². The van der Waals surface area contributed by atoms with E-state index in [0.29, 0.717) is 0 Å². The highest BCUT2D eigenvalue weighted by Gasteiger charge is 2.62. The first-order valence-corrected chi connectivity index (χ1v) is 12.2. The Morgan fingerprint density at radius 2 is 1.41 bits per heavy atom. The van der Waals surface area contributed by atoms with Gasteiger partial charge >= 0.3 is 0 Å². The maximum absolute atomic E-state index is 10.7. The van der Waals surface area contributed by atoms with Crippen LogP contribution in [0.3, 0.4) is 0 Å². The van der Waals surface area contributed by atoms with E-state index in [4.69, 9.17) is 4.99 Å². The van der Waals surface area contributed by atoms with E-state index >= 15 is 0 Å². The zero-order valence-electron chi connectivity index (χ0n) is 19.1. The average molecular weight is 443 g/mol. The largest absolute Gasteiger partial charge is 0.319 e. The fourth-order valence-electron chi connectivity index (χ4n) is 6.24. The van der Waals surface area contributed by atoms with Gasteiger partial charge in [0.1, 0.15) is 5.84 Å². The molecule has 0 spiro atoms. The first-order chi connectivity index (χ1) is 16.8. The molecule has 0 bridgehead atoms. The molecule has 2 aliphatic heterocycles. The summed E-state index contributed by atoms with van der Waals surface area (Å²) in [6, 6.07) is 31.5. The van der Waals surface area contributed by atoms with Crippen LogP contribution in [0.15, 0.2) is 83.9 Å². The predicted molar refractivity (Wildman–Crippen MR) is 134 cm³/mol. The molecule has 166 valence electrons. The Morgan fingerprint density at radius 1 is 0.765 bits per heavy atom. The van der Waals surface area contributed by atoms with Crippen LogP contribution in [0.25, 0.3) is 11.1 Å². The number of aliphatic imine (C=N–C) groups is 1. The lowest BCUT2D eigenvalue weighted by atomic mass is 9.69. The lowest BCUT2D eigenvalue weighted by Gasteiger charge is -2.38. The molecule has 3 aliphatic rings. The average Bonchev–Trinajstić information content (AvgIpc) is 3.20. The molecular formula is C30H26N4. The number of hydrogen-bond acceptors (Lipinski definition) is 3. The SMILES string of the molecule is N#CC1(C#N)[C@@H](c2ccccc2)C(=NC2CCCCC2)N2c3ccccc3-c3ccccc3[C@@H]21. The monoisotopic (exact) mass is 442 g/mol. The standard InChI is InChI=1S/C30H26N4/c31-19-30(20-32)27(21-11-3-1-4-12-21)29(33-22-13-5-2-6-14-22)34-26-18-10-9-16-24(26)23-15-7-8-17-25(23)28(30)34/h1,3-4,7-12,15-18,22,27-28H,2,5-6,13-14H2/t27-,28+/m0/s1. The van der Waals surface area contributed by atoms with E-state index in [2.05, 4.69) is 47.4 Å². The van der Waals surface area contributed by atoms with E-state index < -0.39 is 17.4 Å². The van der Waals surface area contributed by atoms with Gasteiger partial charge in [0, 0.05) is 5.56 Å². The zero-order valence-corrected chi connectivity index (χ0v) is 19.1. The summed E-state index contributed by atoms with van der Waals surface area (Å²) in [4.78, 5) is 7.61. The van der Waals surface area contributed by atoms with Gasteiger partial charge in [-0.2, -0.15) is 10.5 Å². The number of nitriles is 2. The molecule has 2 atom stereocenters. The van der Waals surface area contributed by atoms with Gasteiger partial charge in [0.15, 0.2) is 5.41 Å². The Kier molecular flexibility index (Phi) is 4.96. The van der Waals surface area contributed by atoms with Gasteiger partial charge in [-0.15, -0.1) is 0 Å². The molecule has 1 saturated heterocycles. The van der Waals surface area contributed by atoms with E-state index in [-0.39, 0.29) is 6.04 Å². The van der Waals surface area contributed by atoms with E-state index in [1.807, 2.05) is 48.5 Å². The zero-order chi connectivity index (χ0) is 23.1. The van der Waals surface area contributed by atoms with Crippen molar-refractivity contribution in [3.05, 3.63) is 90.0 Å². The van der Waals surface area contributed by atoms with Crippen LogP contribution in [0.2, 0.25) is 0 Å². The number of anilines is 1. The summed E-state index contributed by atoms with van der Waals surface area (Å²) in [5.41, 5.74) is 3.97. The van der Waals surface area contributed by atoms with E-state index in [1.165, 1.54) is 19.3 Å². The number of fused-ring (bicyclic) bond motifs is 6. The van der Waals surface area contributed by atoms with Crippen LogP contribution in [0, 0.1) is 28.1 Å². The Hall–Kier alpha value is -3.89. The molecule has 2 fully saturated rings. The number of hydrogen-bond donors (Lipinski definition) is 0. The van der Waals surface area contributed by atoms with Crippen molar-refractivity contribution in [1.82, 2.24) is 0 Å². The highest BCUT2D eigenvalue weighted by molar-refractivity contribution is 6.11. The second kappa shape index (κ2) is 8.15. The summed E-state index contributed by atoms with van der Waals surface area (Å²) in [6.45, 7) is 0. The molecule has 0 amide bonds. The first kappa shape index (κ1) is 20.7. The van der Waals surface area contributed by atoms with Crippen molar-refractivity contribution < 1.29 is 0 Å². The summed E-state index contributed by atoms with van der Waals surface area (Å²) < 4.78 is 0. The van der Waals surface area contributed by atoms with Crippen LogP contribution in [0.4, 0.5) is 5.69 Å². The van der Waals surface area contributed by atoms with Gasteiger partial charge in [0.05, 0.1) is 35.8 Å². The normalized spacial score (nSPS) is 23.9. The maximum Gasteiger partial charge on any atom is 0.182 e. The van der Waals surface area contributed by atoms with Crippen LogP contribution >= 0.6 is 0 Å². The molecule has 4 nitrogen and oxygen atoms in total. The van der Waals surface area contributed by atoms with Crippen LogP contribution in [-0.4, -0.2) is 11.9 Å². The van der Waals surface area contributed by atoms with Crippen molar-refractivity contribution in [3.63, 3.8) is 0 Å². The Bertz CT molecular complexity index is 1320. The third-order valence-corrected chi connectivity index (χ3v) is 7.75. The van der Waals surface area contributed by atoms with Gasteiger partial charge in [-0.25, -0.2) is 0 Å². The lowest BCUT2D eigenvalue weighted by Crippen LogP contribution is -2.35. The maximum atomic E-state index is 10.7. The van der Waals surface area contributed by atoms with E-state index in [9.17, 15) is 10.5 Å². The highest BCUT2D eigenvalue weighted by Crippen LogP contribution is 2.61. The molecule has 1 aliphatic carbocycles. The van der Waals surface area contributed by atoms with Crippen molar-refractivity contribution in [2.45, 2.75) is 50.1 Å². The number of rotatable bonds is 2. The topological polar surface area (TPSA) is 63.2 Å². The van der Waals surface area contributed by atoms with Crippen molar-refractivity contribution in [3.8, 4) is 23.3 Å². The third-order valence-electron chi connectivity index (χ3n) is 7.75. The first-order valence-electron chi connectivity index (χ1n) is 12.2. The van der Waals surface area contributed by atoms with Gasteiger partial charge < -0.3 is 4.90 Å². The second-order valence-corrected chi connectivity index (χ2v) is 9.59. The molecule has 0 aromatic heterocycles. The molecular weight excluding hydrogens is 416 g/mol. The Morgan fingerprint density at radius 3 is 2.15 bits per heavy atom. The molecule has 1 saturated carbocycles. The van der Waals surface area contributed by atoms with Crippen LogP contribution in [0.5, 0.6) is 0 Å². The van der Waals surface area contributed by atoms with Crippen LogP contribution in [-0.2, 0) is 0 Å². The van der Waals surface area contributed by atoms with Crippen molar-refractivity contribution >= 4 is 11.5 Å². The summed E-state index contributed by atoms with van der Waals surface area (Å²) in [5, 5.41) is 21.5. The third kappa shape index (κ3) is 2.92. The fourth-order valence-corrected chi connectivity index (χ4v) is 6.24. The minimum Gasteiger partial charge on any atom is -0.319 e. The summed E-state index contributed by atoms with van der Waals surface area (Å²) in [7, 11) is 0. The van der Waals surface area contributed by atoms with Gasteiger partial charge in [-0.05, 0) is 35.6 Å². The smallest absolute Gasteiger partial charge is 0.182 e. The second-order valence-electron chi connectivity index (χ2n) is 9.59. The van der Waals surface area contributed by atoms with E-state index in [0.717, 1.165) is 46.6 Å². The van der Waals surface area contributed by atoms with Gasteiger partial charge in [-0.3, -0.25) is 4.99 Å². The molecule has 0 N–H and O–H groups in total. The minimum absolute atomic E-state index is 0.230. The van der Waals surface area contributed by atoms with Crippen molar-refractivity contribution in [2.75, 3.05) is 4.90 Å². The highest BCUT2D eigenvalue weighted by atomic mass is 15.3. The van der Waals surface area contributed by atoms with Gasteiger partial charge in [-0.1, -0.05) is 92.1 Å². The molecule has 0 unspecified atom stereocenters. The molecule has 0 radical (unpaired) electrons. The Balaban J connectivity index is 1.67. The number of benzene rings is 3. The number of nitrogens with zero attached hydrogens (tertiary/aromatic N) is 4. The summed E-state index contributed by atoms with van der Waals surface area (Å²) in [6.07, 6.45) is 5.75. The molecule has 4 heteroatoms. The number of amidine groups is 1. The van der Waals surface area contributed by atoms with Gasteiger partial charge in [0.2, 0.25) is 0 Å². The molecule has 3 aromatic carbocycles. The quantitative estimate of drug-likeness (QED) is 0.439. The molecule has 2 heterocycles. The molecule has 3 aromatic rings. The summed E-state index contributed by atoms with van der Waals surface area (Å²) in [5.74, 6) is 0.447.